The van der Waals surface area contributed by atoms with E-state index in [2.05, 4.69) is 10.4 Å². The van der Waals surface area contributed by atoms with Gasteiger partial charge in [-0.25, -0.2) is 13.5 Å². The number of nitrogens with one attached hydrogen (secondary N) is 1. The highest BCUT2D eigenvalue weighted by Gasteiger charge is 2.26. The van der Waals surface area contributed by atoms with Crippen LogP contribution in [0, 0.1) is 11.6 Å². The summed E-state index contributed by atoms with van der Waals surface area (Å²) in [4.78, 5) is 12.6. The summed E-state index contributed by atoms with van der Waals surface area (Å²) >= 11 is 0. The first-order valence-electron chi connectivity index (χ1n) is 8.21. The van der Waals surface area contributed by atoms with Crippen LogP contribution >= 0.6 is 0 Å². The molecule has 128 valence electrons. The van der Waals surface area contributed by atoms with Crippen LogP contribution in [0.1, 0.15) is 37.2 Å². The Morgan fingerprint density at radius 2 is 1.88 bits per heavy atom. The minimum atomic E-state index is -0.473. The van der Waals surface area contributed by atoms with Crippen LogP contribution in [0.4, 0.5) is 14.5 Å². The Labute approximate surface area is 143 Å². The van der Waals surface area contributed by atoms with E-state index in [1.54, 1.807) is 12.1 Å². The fraction of sp³-hybridized carbons (Fsp3) is 0.263. The normalized spacial score (nSPS) is 16.3. The molecule has 0 spiro atoms. The summed E-state index contributed by atoms with van der Waals surface area (Å²) in [6.45, 7) is 3.73. The van der Waals surface area contributed by atoms with Crippen molar-refractivity contribution in [2.24, 2.45) is 0 Å². The SMILES string of the molecule is CC(C)n1nc2c3c(cc(F)cc3c1=O)NC(c1ccc(F)cc1)C2. The van der Waals surface area contributed by atoms with Gasteiger partial charge in [0.15, 0.2) is 0 Å². The molecule has 6 heteroatoms. The van der Waals surface area contributed by atoms with E-state index in [-0.39, 0.29) is 23.5 Å². The Morgan fingerprint density at radius 3 is 2.56 bits per heavy atom. The maximum Gasteiger partial charge on any atom is 0.275 e. The number of hydrogen-bond donors (Lipinski definition) is 1. The molecule has 1 aliphatic rings. The van der Waals surface area contributed by atoms with Crippen molar-refractivity contribution >= 4 is 16.5 Å². The van der Waals surface area contributed by atoms with Crippen molar-refractivity contribution in [3.8, 4) is 0 Å². The molecule has 0 amide bonds. The summed E-state index contributed by atoms with van der Waals surface area (Å²) in [5.41, 5.74) is 1.88. The van der Waals surface area contributed by atoms with Gasteiger partial charge in [0.1, 0.15) is 11.6 Å². The van der Waals surface area contributed by atoms with Crippen LogP contribution < -0.4 is 10.9 Å². The van der Waals surface area contributed by atoms with Gasteiger partial charge in [0.25, 0.3) is 5.56 Å². The van der Waals surface area contributed by atoms with E-state index in [4.69, 9.17) is 0 Å². The number of halogens is 2. The van der Waals surface area contributed by atoms with Crippen molar-refractivity contribution in [1.29, 1.82) is 0 Å². The summed E-state index contributed by atoms with van der Waals surface area (Å²) in [7, 11) is 0. The molecule has 0 bridgehead atoms. The molecule has 2 aromatic carbocycles. The van der Waals surface area contributed by atoms with Crippen LogP contribution in [0.25, 0.3) is 10.8 Å². The highest BCUT2D eigenvalue weighted by molar-refractivity contribution is 5.96. The van der Waals surface area contributed by atoms with Crippen LogP contribution in [0.2, 0.25) is 0 Å². The van der Waals surface area contributed by atoms with Gasteiger partial charge >= 0.3 is 0 Å². The fourth-order valence-electron chi connectivity index (χ4n) is 3.37. The smallest absolute Gasteiger partial charge is 0.275 e. The number of rotatable bonds is 2. The Morgan fingerprint density at radius 1 is 1.16 bits per heavy atom. The third-order valence-corrected chi connectivity index (χ3v) is 4.55. The lowest BCUT2D eigenvalue weighted by Gasteiger charge is -2.28. The van der Waals surface area contributed by atoms with Crippen LogP contribution in [0.5, 0.6) is 0 Å². The van der Waals surface area contributed by atoms with E-state index in [9.17, 15) is 13.6 Å². The highest BCUT2D eigenvalue weighted by atomic mass is 19.1. The van der Waals surface area contributed by atoms with Crippen LogP contribution in [-0.4, -0.2) is 9.78 Å². The molecular formula is C19H17F2N3O. The maximum atomic E-state index is 14.1. The first-order valence-corrected chi connectivity index (χ1v) is 8.21. The lowest BCUT2D eigenvalue weighted by atomic mass is 9.94. The van der Waals surface area contributed by atoms with E-state index in [0.29, 0.717) is 22.9 Å². The molecule has 4 nitrogen and oxygen atoms in total. The molecule has 25 heavy (non-hydrogen) atoms. The zero-order valence-electron chi connectivity index (χ0n) is 13.9. The van der Waals surface area contributed by atoms with Crippen molar-refractivity contribution in [3.63, 3.8) is 0 Å². The minimum absolute atomic E-state index is 0.126. The molecule has 1 N–H and O–H groups in total. The second kappa shape index (κ2) is 5.65. The number of benzene rings is 2. The van der Waals surface area contributed by atoms with Crippen LogP contribution in [-0.2, 0) is 6.42 Å². The van der Waals surface area contributed by atoms with Gasteiger partial charge in [0.2, 0.25) is 0 Å². The molecule has 0 radical (unpaired) electrons. The number of aromatic nitrogens is 2. The summed E-state index contributed by atoms with van der Waals surface area (Å²) in [5.74, 6) is -0.779. The zero-order valence-corrected chi connectivity index (χ0v) is 13.9. The number of anilines is 1. The molecular weight excluding hydrogens is 324 g/mol. The van der Waals surface area contributed by atoms with Gasteiger partial charge in [0.05, 0.1) is 23.2 Å². The molecule has 0 aliphatic carbocycles. The molecule has 0 saturated carbocycles. The molecule has 2 heterocycles. The molecule has 1 atom stereocenters. The molecule has 1 unspecified atom stereocenters. The van der Waals surface area contributed by atoms with Crippen molar-refractivity contribution in [2.45, 2.75) is 32.4 Å². The maximum absolute atomic E-state index is 14.1. The van der Waals surface area contributed by atoms with Gasteiger partial charge < -0.3 is 5.32 Å². The monoisotopic (exact) mass is 341 g/mol. The zero-order chi connectivity index (χ0) is 17.7. The van der Waals surface area contributed by atoms with Crippen LogP contribution in [0.3, 0.4) is 0 Å². The molecule has 3 aromatic rings. The van der Waals surface area contributed by atoms with Crippen molar-refractivity contribution < 1.29 is 8.78 Å². The largest absolute Gasteiger partial charge is 0.377 e. The van der Waals surface area contributed by atoms with Gasteiger partial charge in [-0.05, 0) is 43.7 Å². The molecule has 0 fully saturated rings. The van der Waals surface area contributed by atoms with E-state index in [1.165, 1.54) is 28.9 Å². The van der Waals surface area contributed by atoms with E-state index in [1.807, 2.05) is 13.8 Å². The lowest BCUT2D eigenvalue weighted by Crippen LogP contribution is -2.30. The fourth-order valence-corrected chi connectivity index (χ4v) is 3.37. The number of hydrogen-bond acceptors (Lipinski definition) is 3. The molecule has 1 aromatic heterocycles. The molecule has 0 saturated heterocycles. The summed E-state index contributed by atoms with van der Waals surface area (Å²) in [5, 5.41) is 8.78. The van der Waals surface area contributed by atoms with Gasteiger partial charge in [-0.3, -0.25) is 4.79 Å². The third-order valence-electron chi connectivity index (χ3n) is 4.55. The van der Waals surface area contributed by atoms with Gasteiger partial charge in [-0.15, -0.1) is 0 Å². The Bertz CT molecular complexity index is 1030. The molecule has 4 rings (SSSR count). The summed E-state index contributed by atoms with van der Waals surface area (Å²) in [6, 6.07) is 8.56. The predicted octanol–water partition coefficient (Wildman–Crippen LogP) is 3.96. The number of nitrogens with zero attached hydrogens (tertiary/aromatic N) is 2. The lowest BCUT2D eigenvalue weighted by molar-refractivity contribution is 0.494. The topological polar surface area (TPSA) is 46.9 Å². The van der Waals surface area contributed by atoms with Crippen molar-refractivity contribution in [1.82, 2.24) is 9.78 Å². The van der Waals surface area contributed by atoms with Crippen LogP contribution in [0.15, 0.2) is 41.2 Å². The second-order valence-corrected chi connectivity index (χ2v) is 6.62. The molecule has 1 aliphatic heterocycles. The minimum Gasteiger partial charge on any atom is -0.377 e. The summed E-state index contributed by atoms with van der Waals surface area (Å²) < 4.78 is 28.7. The van der Waals surface area contributed by atoms with E-state index in [0.717, 1.165) is 11.3 Å². The third kappa shape index (κ3) is 2.58. The van der Waals surface area contributed by atoms with Gasteiger partial charge in [-0.1, -0.05) is 12.1 Å². The van der Waals surface area contributed by atoms with Crippen molar-refractivity contribution in [2.75, 3.05) is 5.32 Å². The first-order chi connectivity index (χ1) is 11.9. The second-order valence-electron chi connectivity index (χ2n) is 6.62. The standard InChI is InChI=1S/C19H17F2N3O/c1-10(2)24-19(25)14-7-13(21)8-16-18(14)17(23-24)9-15(22-16)11-3-5-12(20)6-4-11/h3-8,10,15,22H,9H2,1-2H3. The van der Waals surface area contributed by atoms with Crippen molar-refractivity contribution in [3.05, 3.63) is 69.6 Å². The highest BCUT2D eigenvalue weighted by Crippen LogP contribution is 2.36. The van der Waals surface area contributed by atoms with Gasteiger partial charge in [-0.2, -0.15) is 5.10 Å². The average Bonchev–Trinajstić information content (AvgIpc) is 2.57. The van der Waals surface area contributed by atoms with E-state index < -0.39 is 5.82 Å². The van der Waals surface area contributed by atoms with E-state index >= 15 is 0 Å². The Hall–Kier alpha value is -2.76. The average molecular weight is 341 g/mol. The Balaban J connectivity index is 1.92. The first kappa shape index (κ1) is 15.7. The quantitative estimate of drug-likeness (QED) is 0.767. The van der Waals surface area contributed by atoms with Gasteiger partial charge in [0, 0.05) is 17.5 Å². The Kier molecular flexibility index (Phi) is 3.56. The predicted molar refractivity (Wildman–Crippen MR) is 92.8 cm³/mol. The summed E-state index contributed by atoms with van der Waals surface area (Å²) in [6.07, 6.45) is 0.535.